The molecular weight excluding hydrogens is 300 g/mol. The van der Waals surface area contributed by atoms with Gasteiger partial charge in [-0.3, -0.25) is 4.98 Å². The lowest BCUT2D eigenvalue weighted by Gasteiger charge is -2.46. The van der Waals surface area contributed by atoms with Crippen molar-refractivity contribution in [2.24, 2.45) is 5.41 Å². The lowest BCUT2D eigenvalue weighted by atomic mass is 9.74. The third kappa shape index (κ3) is 2.78. The zero-order valence-electron chi connectivity index (χ0n) is 14.9. The Morgan fingerprint density at radius 1 is 1.29 bits per heavy atom. The van der Waals surface area contributed by atoms with E-state index < -0.39 is 11.5 Å². The van der Waals surface area contributed by atoms with Crippen molar-refractivity contribution in [3.8, 4) is 0 Å². The molecule has 1 aliphatic rings. The highest BCUT2D eigenvalue weighted by Gasteiger charge is 2.42. The number of aliphatic hydroxyl groups excluding tert-OH is 2. The van der Waals surface area contributed by atoms with Gasteiger partial charge in [-0.15, -0.1) is 0 Å². The molecule has 2 N–H and O–H groups in total. The third-order valence-corrected chi connectivity index (χ3v) is 5.70. The van der Waals surface area contributed by atoms with E-state index in [1.165, 1.54) is 11.1 Å². The molecule has 3 rings (SSSR count). The summed E-state index contributed by atoms with van der Waals surface area (Å²) in [5.74, 6) is 0. The monoisotopic (exact) mass is 328 g/mol. The minimum atomic E-state index is -0.434. The molecule has 1 saturated heterocycles. The maximum atomic E-state index is 10.5. The first kappa shape index (κ1) is 17.2. The lowest BCUT2D eigenvalue weighted by molar-refractivity contribution is -0.0351. The molecular formula is C20H28N2O2. The van der Waals surface area contributed by atoms with Gasteiger partial charge in [0.25, 0.3) is 0 Å². The van der Waals surface area contributed by atoms with E-state index in [9.17, 15) is 10.2 Å². The van der Waals surface area contributed by atoms with Crippen LogP contribution in [0, 0.1) is 19.3 Å². The Morgan fingerprint density at radius 2 is 2.08 bits per heavy atom. The summed E-state index contributed by atoms with van der Waals surface area (Å²) in [5, 5.41) is 21.7. The van der Waals surface area contributed by atoms with E-state index in [-0.39, 0.29) is 6.61 Å². The summed E-state index contributed by atoms with van der Waals surface area (Å²) in [6.45, 7) is 7.85. The van der Waals surface area contributed by atoms with E-state index >= 15 is 0 Å². The van der Waals surface area contributed by atoms with Gasteiger partial charge in [0, 0.05) is 35.8 Å². The largest absolute Gasteiger partial charge is 0.396 e. The van der Waals surface area contributed by atoms with Crippen LogP contribution in [0.15, 0.2) is 24.4 Å². The van der Waals surface area contributed by atoms with Gasteiger partial charge in [0.05, 0.1) is 18.2 Å². The summed E-state index contributed by atoms with van der Waals surface area (Å²) in [6.07, 6.45) is 3.92. The molecule has 24 heavy (non-hydrogen) atoms. The van der Waals surface area contributed by atoms with Crippen LogP contribution >= 0.6 is 0 Å². The molecule has 4 heteroatoms. The zero-order valence-corrected chi connectivity index (χ0v) is 14.9. The number of hydrogen-bond acceptors (Lipinski definition) is 4. The van der Waals surface area contributed by atoms with Crippen LogP contribution in [0.5, 0.6) is 0 Å². The topological polar surface area (TPSA) is 56.6 Å². The molecule has 1 fully saturated rings. The average molecular weight is 328 g/mol. The molecule has 0 spiro atoms. The molecule has 2 heterocycles. The van der Waals surface area contributed by atoms with Crippen molar-refractivity contribution >= 4 is 16.6 Å². The van der Waals surface area contributed by atoms with Gasteiger partial charge in [0.2, 0.25) is 0 Å². The number of aromatic nitrogens is 1. The quantitative estimate of drug-likeness (QED) is 0.905. The Kier molecular flexibility index (Phi) is 4.79. The Hall–Kier alpha value is -1.65. The number of aryl methyl sites for hydroxylation is 2. The molecule has 1 aromatic heterocycles. The third-order valence-electron chi connectivity index (χ3n) is 5.70. The van der Waals surface area contributed by atoms with Gasteiger partial charge >= 0.3 is 0 Å². The van der Waals surface area contributed by atoms with Gasteiger partial charge in [-0.25, -0.2) is 0 Å². The fourth-order valence-electron chi connectivity index (χ4n) is 4.05. The Balaban J connectivity index is 2.03. The van der Waals surface area contributed by atoms with Crippen LogP contribution in [0.25, 0.3) is 10.9 Å². The number of nitrogens with zero attached hydrogens (tertiary/aromatic N) is 2. The van der Waals surface area contributed by atoms with Crippen molar-refractivity contribution in [3.05, 3.63) is 35.5 Å². The maximum Gasteiger partial charge on any atom is 0.0754 e. The smallest absolute Gasteiger partial charge is 0.0754 e. The first-order chi connectivity index (χ1) is 11.5. The average Bonchev–Trinajstić information content (AvgIpc) is 2.60. The Morgan fingerprint density at radius 3 is 2.79 bits per heavy atom. The minimum absolute atomic E-state index is 0.0274. The summed E-state index contributed by atoms with van der Waals surface area (Å²) in [6, 6.07) is 6.35. The molecule has 1 aromatic carbocycles. The Bertz CT molecular complexity index is 731. The molecule has 130 valence electrons. The number of fused-ring (bicyclic) bond motifs is 1. The summed E-state index contributed by atoms with van der Waals surface area (Å²) < 4.78 is 0. The number of anilines is 1. The molecule has 1 aliphatic heterocycles. The van der Waals surface area contributed by atoms with Crippen LogP contribution in [-0.2, 0) is 0 Å². The number of aliphatic hydroxyl groups is 2. The van der Waals surface area contributed by atoms with Crippen molar-refractivity contribution in [1.29, 1.82) is 0 Å². The van der Waals surface area contributed by atoms with Crippen molar-refractivity contribution in [1.82, 2.24) is 4.98 Å². The van der Waals surface area contributed by atoms with Crippen molar-refractivity contribution in [3.63, 3.8) is 0 Å². The molecule has 0 aliphatic carbocycles. The van der Waals surface area contributed by atoms with E-state index in [0.717, 1.165) is 36.0 Å². The van der Waals surface area contributed by atoms with Gasteiger partial charge in [-0.2, -0.15) is 0 Å². The van der Waals surface area contributed by atoms with Gasteiger partial charge in [0.15, 0.2) is 0 Å². The number of pyridine rings is 1. The molecule has 0 radical (unpaired) electrons. The second kappa shape index (κ2) is 6.69. The molecule has 2 atom stereocenters. The van der Waals surface area contributed by atoms with Crippen LogP contribution < -0.4 is 4.90 Å². The van der Waals surface area contributed by atoms with E-state index in [1.54, 1.807) is 0 Å². The van der Waals surface area contributed by atoms with Gasteiger partial charge in [-0.1, -0.05) is 25.5 Å². The molecule has 0 unspecified atom stereocenters. The summed E-state index contributed by atoms with van der Waals surface area (Å²) in [5.41, 5.74) is 4.24. The fourth-order valence-corrected chi connectivity index (χ4v) is 4.05. The summed E-state index contributed by atoms with van der Waals surface area (Å²) in [7, 11) is 0. The van der Waals surface area contributed by atoms with Crippen LogP contribution in [0.2, 0.25) is 0 Å². The normalized spacial score (nSPS) is 24.5. The second-order valence-electron chi connectivity index (χ2n) is 7.23. The lowest BCUT2D eigenvalue weighted by Crippen LogP contribution is -2.54. The zero-order chi connectivity index (χ0) is 17.3. The van der Waals surface area contributed by atoms with E-state index in [4.69, 9.17) is 0 Å². The van der Waals surface area contributed by atoms with E-state index in [0.29, 0.717) is 13.0 Å². The molecule has 0 amide bonds. The molecule has 0 bridgehead atoms. The number of hydrogen-bond donors (Lipinski definition) is 2. The first-order valence-electron chi connectivity index (χ1n) is 8.91. The number of benzene rings is 1. The Labute approximate surface area is 144 Å². The minimum Gasteiger partial charge on any atom is -0.396 e. The standard InChI is InChI=1S/C20H28N2O2/c1-4-9-20(13-23)12-22(11-8-18(20)24)17-7-10-21-19-15(3)14(2)5-6-16(17)19/h5-7,10,18,23-24H,4,8-9,11-13H2,1-3H3/t18-,20+/m0/s1. The summed E-state index contributed by atoms with van der Waals surface area (Å²) >= 11 is 0. The van der Waals surface area contributed by atoms with Crippen LogP contribution in [-0.4, -0.2) is 41.0 Å². The summed E-state index contributed by atoms with van der Waals surface area (Å²) in [4.78, 5) is 6.90. The highest BCUT2D eigenvalue weighted by molar-refractivity contribution is 5.94. The SMILES string of the molecule is CCC[C@]1(CO)CN(c2ccnc3c(C)c(C)ccc23)CC[C@@H]1O. The van der Waals surface area contributed by atoms with Crippen LogP contribution in [0.1, 0.15) is 37.3 Å². The maximum absolute atomic E-state index is 10.5. The predicted molar refractivity (Wildman–Crippen MR) is 98.5 cm³/mol. The number of rotatable bonds is 4. The van der Waals surface area contributed by atoms with E-state index in [2.05, 4.69) is 48.9 Å². The van der Waals surface area contributed by atoms with Gasteiger partial charge in [-0.05, 0) is 43.9 Å². The second-order valence-corrected chi connectivity index (χ2v) is 7.23. The highest BCUT2D eigenvalue weighted by Crippen LogP contribution is 2.38. The van der Waals surface area contributed by atoms with Crippen LogP contribution in [0.4, 0.5) is 5.69 Å². The van der Waals surface area contributed by atoms with Gasteiger partial charge < -0.3 is 15.1 Å². The first-order valence-corrected chi connectivity index (χ1v) is 8.91. The van der Waals surface area contributed by atoms with Gasteiger partial charge in [0.1, 0.15) is 0 Å². The van der Waals surface area contributed by atoms with E-state index in [1.807, 2.05) is 6.20 Å². The van der Waals surface area contributed by atoms with Crippen molar-refractivity contribution < 1.29 is 10.2 Å². The van der Waals surface area contributed by atoms with Crippen molar-refractivity contribution in [2.75, 3.05) is 24.6 Å². The molecule has 0 saturated carbocycles. The van der Waals surface area contributed by atoms with Crippen LogP contribution in [0.3, 0.4) is 0 Å². The predicted octanol–water partition coefficient (Wildman–Crippen LogP) is 3.20. The highest BCUT2D eigenvalue weighted by atomic mass is 16.3. The number of piperidine rings is 1. The van der Waals surface area contributed by atoms with Crippen molar-refractivity contribution in [2.45, 2.75) is 46.1 Å². The molecule has 4 nitrogen and oxygen atoms in total. The molecule has 2 aromatic rings. The fraction of sp³-hybridized carbons (Fsp3) is 0.550.